The molecule has 1 aromatic rings. The molecule has 6 heteroatoms. The maximum absolute atomic E-state index is 5.49. The minimum absolute atomic E-state index is 0.312. The van der Waals surface area contributed by atoms with Gasteiger partial charge in [-0.05, 0) is 37.1 Å². The topological polar surface area (TPSA) is 40.2 Å². The van der Waals surface area contributed by atoms with Crippen molar-refractivity contribution in [3.8, 4) is 0 Å². The summed E-state index contributed by atoms with van der Waals surface area (Å²) in [6, 6.07) is 7.90. The van der Waals surface area contributed by atoms with Crippen molar-refractivity contribution in [2.45, 2.75) is 37.9 Å². The Morgan fingerprint density at radius 1 is 0.900 bits per heavy atom. The second-order valence-corrected chi connectivity index (χ2v) is 6.06. The van der Waals surface area contributed by atoms with Gasteiger partial charge in [0.25, 0.3) is 0 Å². The predicted molar refractivity (Wildman–Crippen MR) is 76.5 cm³/mol. The van der Waals surface area contributed by atoms with E-state index in [1.807, 2.05) is 29.2 Å². The van der Waals surface area contributed by atoms with Gasteiger partial charge in [0, 0.05) is 23.0 Å². The molecule has 0 atom stereocenters. The molecule has 0 amide bonds. The van der Waals surface area contributed by atoms with Crippen LogP contribution in [0.3, 0.4) is 0 Å². The first-order valence-corrected chi connectivity index (χ1v) is 7.69. The molecular weight excluding hydrogens is 326 g/mol. The summed E-state index contributed by atoms with van der Waals surface area (Å²) in [4.78, 5) is 23.6. The Kier molecular flexibility index (Phi) is 4.58. The van der Waals surface area contributed by atoms with Crippen molar-refractivity contribution in [3.05, 3.63) is 28.7 Å². The van der Waals surface area contributed by atoms with Gasteiger partial charge in [-0.2, -0.15) is 9.78 Å². The van der Waals surface area contributed by atoms with Crippen molar-refractivity contribution >= 4 is 21.6 Å². The summed E-state index contributed by atoms with van der Waals surface area (Å²) in [7, 11) is 0. The zero-order chi connectivity index (χ0) is 13.8. The Morgan fingerprint density at radius 3 is 2.10 bits per heavy atom. The van der Waals surface area contributed by atoms with Gasteiger partial charge in [0.2, 0.25) is 5.79 Å². The van der Waals surface area contributed by atoms with E-state index in [0.717, 1.165) is 35.8 Å². The number of benzene rings is 1. The van der Waals surface area contributed by atoms with Crippen LogP contribution < -0.4 is 4.90 Å². The Labute approximate surface area is 126 Å². The smallest absolute Gasteiger partial charge is 0.234 e. The van der Waals surface area contributed by atoms with Crippen molar-refractivity contribution in [2.75, 3.05) is 18.4 Å². The lowest BCUT2D eigenvalue weighted by atomic mass is 9.94. The zero-order valence-electron chi connectivity index (χ0n) is 11.2. The Balaban J connectivity index is 1.61. The molecule has 3 rings (SSSR count). The first kappa shape index (κ1) is 14.3. The van der Waals surface area contributed by atoms with Gasteiger partial charge in [-0.1, -0.05) is 22.4 Å². The Hall–Kier alpha value is -0.660. The van der Waals surface area contributed by atoms with E-state index in [0.29, 0.717) is 13.5 Å². The van der Waals surface area contributed by atoms with Crippen LogP contribution in [0.5, 0.6) is 0 Å². The van der Waals surface area contributed by atoms with Crippen LogP contribution in [0.4, 0.5) is 5.69 Å². The summed E-state index contributed by atoms with van der Waals surface area (Å²) in [5, 5.41) is 0. The quantitative estimate of drug-likeness (QED) is 0.726. The summed E-state index contributed by atoms with van der Waals surface area (Å²) < 4.78 is 1.03. The minimum atomic E-state index is -0.718. The second-order valence-electron chi connectivity index (χ2n) is 5.15. The monoisotopic (exact) mass is 343 g/mol. The molecule has 1 saturated carbocycles. The molecule has 0 aromatic heterocycles. The van der Waals surface area contributed by atoms with Crippen LogP contribution in [0.25, 0.3) is 0 Å². The van der Waals surface area contributed by atoms with Gasteiger partial charge in [-0.15, -0.1) is 0 Å². The van der Waals surface area contributed by atoms with Gasteiger partial charge in [0.05, 0.1) is 0 Å². The van der Waals surface area contributed by atoms with Crippen molar-refractivity contribution in [2.24, 2.45) is 0 Å². The number of hydrogen-bond donors (Lipinski definition) is 0. The van der Waals surface area contributed by atoms with E-state index in [9.17, 15) is 0 Å². The number of nitrogens with zero attached hydrogens (tertiary/aromatic N) is 1. The normalized spacial score (nSPS) is 23.4. The maximum atomic E-state index is 5.49. The third-order valence-corrected chi connectivity index (χ3v) is 4.17. The van der Waals surface area contributed by atoms with Crippen molar-refractivity contribution in [1.29, 1.82) is 0 Å². The average Bonchev–Trinajstić information content (AvgIpc) is 2.45. The van der Waals surface area contributed by atoms with Crippen molar-refractivity contribution in [1.82, 2.24) is 0 Å². The highest BCUT2D eigenvalue weighted by molar-refractivity contribution is 9.10. The summed E-state index contributed by atoms with van der Waals surface area (Å²) in [6.07, 6.45) is 4.97. The lowest BCUT2D eigenvalue weighted by Gasteiger charge is -2.37. The van der Waals surface area contributed by atoms with Gasteiger partial charge in [-0.25, -0.2) is 9.78 Å². The molecule has 1 aliphatic carbocycles. The fourth-order valence-electron chi connectivity index (χ4n) is 2.50. The molecule has 0 unspecified atom stereocenters. The van der Waals surface area contributed by atoms with E-state index in [2.05, 4.69) is 15.9 Å². The highest BCUT2D eigenvalue weighted by Crippen LogP contribution is 2.34. The van der Waals surface area contributed by atoms with E-state index < -0.39 is 5.79 Å². The van der Waals surface area contributed by atoms with Gasteiger partial charge in [-0.3, -0.25) is 0 Å². The molecule has 0 N–H and O–H groups in total. The molecule has 1 aromatic carbocycles. The molecule has 1 heterocycles. The van der Waals surface area contributed by atoms with E-state index in [-0.39, 0.29) is 0 Å². The average molecular weight is 344 g/mol. The lowest BCUT2D eigenvalue weighted by molar-refractivity contribution is -0.527. The van der Waals surface area contributed by atoms with E-state index >= 15 is 0 Å². The molecule has 1 saturated heterocycles. The van der Waals surface area contributed by atoms with Crippen LogP contribution in [-0.2, 0) is 19.6 Å². The second kappa shape index (κ2) is 6.41. The van der Waals surface area contributed by atoms with Crippen LogP contribution in [0, 0.1) is 0 Å². The molecule has 0 radical (unpaired) electrons. The predicted octanol–water partition coefficient (Wildman–Crippen LogP) is 3.74. The van der Waals surface area contributed by atoms with E-state index in [1.54, 1.807) is 0 Å². The van der Waals surface area contributed by atoms with E-state index in [4.69, 9.17) is 19.6 Å². The maximum Gasteiger partial charge on any atom is 0.234 e. The van der Waals surface area contributed by atoms with Crippen LogP contribution >= 0.6 is 15.9 Å². The Morgan fingerprint density at radius 2 is 1.50 bits per heavy atom. The van der Waals surface area contributed by atoms with Crippen molar-refractivity contribution in [3.63, 3.8) is 0 Å². The molecule has 1 spiro atoms. The third kappa shape index (κ3) is 3.32. The van der Waals surface area contributed by atoms with Crippen LogP contribution in [0.15, 0.2) is 28.7 Å². The molecule has 20 heavy (non-hydrogen) atoms. The lowest BCUT2D eigenvalue weighted by Crippen LogP contribution is -2.44. The summed E-state index contributed by atoms with van der Waals surface area (Å²) in [5.41, 5.74) is 0.986. The largest absolute Gasteiger partial charge is 0.320 e. The molecule has 1 aliphatic heterocycles. The number of anilines is 1. The fourth-order valence-corrected chi connectivity index (χ4v) is 2.77. The molecule has 2 aliphatic rings. The molecule has 5 nitrogen and oxygen atoms in total. The molecular formula is C14H18BrNO4. The Bertz CT molecular complexity index is 421. The van der Waals surface area contributed by atoms with Crippen LogP contribution in [-0.4, -0.2) is 19.2 Å². The molecule has 110 valence electrons. The van der Waals surface area contributed by atoms with Gasteiger partial charge in [0.1, 0.15) is 0 Å². The number of hydrogen-bond acceptors (Lipinski definition) is 5. The first-order chi connectivity index (χ1) is 9.77. The van der Waals surface area contributed by atoms with Gasteiger partial charge in [0.15, 0.2) is 13.5 Å². The zero-order valence-corrected chi connectivity index (χ0v) is 12.8. The summed E-state index contributed by atoms with van der Waals surface area (Å²) in [6.45, 7) is 0.624. The number of halogens is 1. The molecule has 0 bridgehead atoms. The standard InChI is InChI=1S/C14H18BrNO4/c15-12-4-6-13(7-5-12)16-10-17-19-14(20-18-11-16)8-2-1-3-9-14/h4-7H,1-3,8-11H2. The first-order valence-electron chi connectivity index (χ1n) is 6.89. The summed E-state index contributed by atoms with van der Waals surface area (Å²) in [5.74, 6) is -0.718. The van der Waals surface area contributed by atoms with Crippen LogP contribution in [0.1, 0.15) is 32.1 Å². The van der Waals surface area contributed by atoms with Gasteiger partial charge < -0.3 is 4.90 Å². The third-order valence-electron chi connectivity index (χ3n) is 3.65. The SMILES string of the molecule is Brc1ccc(N2COOC3(CCCCC3)OOC2)cc1. The highest BCUT2D eigenvalue weighted by Gasteiger charge is 2.38. The minimum Gasteiger partial charge on any atom is -0.320 e. The van der Waals surface area contributed by atoms with Gasteiger partial charge >= 0.3 is 0 Å². The molecule has 2 fully saturated rings. The van der Waals surface area contributed by atoms with Crippen LogP contribution in [0.2, 0.25) is 0 Å². The summed E-state index contributed by atoms with van der Waals surface area (Å²) >= 11 is 3.41. The van der Waals surface area contributed by atoms with E-state index in [1.165, 1.54) is 6.42 Å². The number of rotatable bonds is 1. The highest BCUT2D eigenvalue weighted by atomic mass is 79.9. The van der Waals surface area contributed by atoms with Crippen molar-refractivity contribution < 1.29 is 19.6 Å². The fraction of sp³-hybridized carbons (Fsp3) is 0.571.